The SMILES string of the molecule is CCCCCC(C)N(C)C(N)=O. The highest BCUT2D eigenvalue weighted by molar-refractivity contribution is 5.71. The van der Waals surface area contributed by atoms with Crippen LogP contribution in [0.25, 0.3) is 0 Å². The minimum absolute atomic E-state index is 0.272. The Balaban J connectivity index is 3.56. The fourth-order valence-electron chi connectivity index (χ4n) is 1.10. The quantitative estimate of drug-likeness (QED) is 0.633. The number of carbonyl (C=O) groups excluding carboxylic acids is 1. The number of rotatable bonds is 5. The monoisotopic (exact) mass is 172 g/mol. The Hall–Kier alpha value is -0.730. The third-order valence-corrected chi connectivity index (χ3v) is 2.23. The minimum atomic E-state index is -0.334. The van der Waals surface area contributed by atoms with Gasteiger partial charge in [-0.1, -0.05) is 26.2 Å². The van der Waals surface area contributed by atoms with Crippen molar-refractivity contribution in [2.45, 2.75) is 45.6 Å². The molecule has 0 rings (SSSR count). The van der Waals surface area contributed by atoms with Crippen molar-refractivity contribution < 1.29 is 4.79 Å². The lowest BCUT2D eigenvalue weighted by Crippen LogP contribution is -2.38. The fourth-order valence-corrected chi connectivity index (χ4v) is 1.10. The normalized spacial score (nSPS) is 12.6. The summed E-state index contributed by atoms with van der Waals surface area (Å²) in [5, 5.41) is 0. The molecule has 1 atom stereocenters. The average molecular weight is 172 g/mol. The van der Waals surface area contributed by atoms with E-state index in [1.165, 1.54) is 19.3 Å². The summed E-state index contributed by atoms with van der Waals surface area (Å²) in [5.74, 6) is 0. The van der Waals surface area contributed by atoms with Crippen molar-refractivity contribution >= 4 is 6.03 Å². The molecule has 0 aromatic carbocycles. The van der Waals surface area contributed by atoms with Gasteiger partial charge in [0.2, 0.25) is 0 Å². The zero-order valence-electron chi connectivity index (χ0n) is 8.34. The molecule has 0 aliphatic rings. The summed E-state index contributed by atoms with van der Waals surface area (Å²) >= 11 is 0. The number of unbranched alkanes of at least 4 members (excludes halogenated alkanes) is 2. The van der Waals surface area contributed by atoms with E-state index >= 15 is 0 Å². The number of urea groups is 1. The van der Waals surface area contributed by atoms with Crippen LogP contribution in [0.2, 0.25) is 0 Å². The molecule has 12 heavy (non-hydrogen) atoms. The van der Waals surface area contributed by atoms with Crippen LogP contribution in [0, 0.1) is 0 Å². The second kappa shape index (κ2) is 5.86. The minimum Gasteiger partial charge on any atom is -0.351 e. The van der Waals surface area contributed by atoms with Crippen LogP contribution < -0.4 is 5.73 Å². The average Bonchev–Trinajstić information content (AvgIpc) is 2.03. The lowest BCUT2D eigenvalue weighted by molar-refractivity contribution is 0.200. The number of hydrogen-bond acceptors (Lipinski definition) is 1. The van der Waals surface area contributed by atoms with Crippen LogP contribution in [0.4, 0.5) is 4.79 Å². The van der Waals surface area contributed by atoms with Crippen LogP contribution in [0.5, 0.6) is 0 Å². The summed E-state index contributed by atoms with van der Waals surface area (Å²) in [6.07, 6.45) is 4.67. The van der Waals surface area contributed by atoms with E-state index in [4.69, 9.17) is 5.73 Å². The topological polar surface area (TPSA) is 46.3 Å². The van der Waals surface area contributed by atoms with Crippen LogP contribution >= 0.6 is 0 Å². The third kappa shape index (κ3) is 4.21. The molecule has 0 saturated carbocycles. The van der Waals surface area contributed by atoms with Gasteiger partial charge in [0.25, 0.3) is 0 Å². The second-order valence-corrected chi connectivity index (χ2v) is 3.29. The third-order valence-electron chi connectivity index (χ3n) is 2.23. The van der Waals surface area contributed by atoms with Crippen molar-refractivity contribution in [3.8, 4) is 0 Å². The van der Waals surface area contributed by atoms with E-state index in [0.29, 0.717) is 0 Å². The molecule has 0 heterocycles. The maximum atomic E-state index is 10.7. The number of carbonyl (C=O) groups is 1. The molecule has 0 fully saturated rings. The first-order valence-electron chi connectivity index (χ1n) is 4.61. The van der Waals surface area contributed by atoms with Gasteiger partial charge in [-0.2, -0.15) is 0 Å². The van der Waals surface area contributed by atoms with E-state index in [9.17, 15) is 4.79 Å². The van der Waals surface area contributed by atoms with Crippen molar-refractivity contribution in [3.05, 3.63) is 0 Å². The van der Waals surface area contributed by atoms with Gasteiger partial charge < -0.3 is 10.6 Å². The van der Waals surface area contributed by atoms with Gasteiger partial charge in [-0.05, 0) is 13.3 Å². The molecule has 0 aromatic rings. The van der Waals surface area contributed by atoms with Gasteiger partial charge in [-0.25, -0.2) is 4.79 Å². The lowest BCUT2D eigenvalue weighted by Gasteiger charge is -2.22. The van der Waals surface area contributed by atoms with Crippen LogP contribution in [0.3, 0.4) is 0 Å². The van der Waals surface area contributed by atoms with Crippen molar-refractivity contribution in [3.63, 3.8) is 0 Å². The molecule has 0 aliphatic heterocycles. The molecule has 0 saturated heterocycles. The Labute approximate surface area is 74.9 Å². The maximum Gasteiger partial charge on any atom is 0.314 e. The lowest BCUT2D eigenvalue weighted by atomic mass is 10.1. The van der Waals surface area contributed by atoms with Crippen molar-refractivity contribution in [1.29, 1.82) is 0 Å². The molecule has 72 valence electrons. The van der Waals surface area contributed by atoms with Crippen molar-refractivity contribution in [2.75, 3.05) is 7.05 Å². The summed E-state index contributed by atoms with van der Waals surface area (Å²) in [7, 11) is 1.75. The zero-order valence-corrected chi connectivity index (χ0v) is 8.34. The van der Waals surface area contributed by atoms with Crippen LogP contribution in [-0.2, 0) is 0 Å². The Morgan fingerprint density at radius 2 is 2.08 bits per heavy atom. The van der Waals surface area contributed by atoms with Crippen LogP contribution in [0.1, 0.15) is 39.5 Å². The first-order valence-corrected chi connectivity index (χ1v) is 4.61. The van der Waals surface area contributed by atoms with E-state index in [1.807, 2.05) is 6.92 Å². The Kier molecular flexibility index (Phi) is 5.51. The standard InChI is InChI=1S/C9H20N2O/c1-4-5-6-7-8(2)11(3)9(10)12/h8H,4-7H2,1-3H3,(H2,10,12). The van der Waals surface area contributed by atoms with Gasteiger partial charge in [0.15, 0.2) is 0 Å². The summed E-state index contributed by atoms with van der Waals surface area (Å²) < 4.78 is 0. The Morgan fingerprint density at radius 3 is 2.50 bits per heavy atom. The van der Waals surface area contributed by atoms with Crippen molar-refractivity contribution in [1.82, 2.24) is 4.90 Å². The molecule has 3 heteroatoms. The predicted molar refractivity (Wildman–Crippen MR) is 51.0 cm³/mol. The smallest absolute Gasteiger partial charge is 0.314 e. The van der Waals surface area contributed by atoms with Gasteiger partial charge >= 0.3 is 6.03 Å². The number of nitrogens with zero attached hydrogens (tertiary/aromatic N) is 1. The first kappa shape index (κ1) is 11.3. The summed E-state index contributed by atoms with van der Waals surface area (Å²) in [5.41, 5.74) is 5.13. The fraction of sp³-hybridized carbons (Fsp3) is 0.889. The Bertz CT molecular complexity index is 136. The van der Waals surface area contributed by atoms with Crippen LogP contribution in [-0.4, -0.2) is 24.0 Å². The van der Waals surface area contributed by atoms with E-state index in [2.05, 4.69) is 6.92 Å². The molecular formula is C9H20N2O. The molecule has 0 bridgehead atoms. The van der Waals surface area contributed by atoms with E-state index in [1.54, 1.807) is 11.9 Å². The zero-order chi connectivity index (χ0) is 9.56. The molecule has 0 aromatic heterocycles. The van der Waals surface area contributed by atoms with Gasteiger partial charge in [0.1, 0.15) is 0 Å². The largest absolute Gasteiger partial charge is 0.351 e. The number of primary amides is 1. The maximum absolute atomic E-state index is 10.7. The van der Waals surface area contributed by atoms with Crippen molar-refractivity contribution in [2.24, 2.45) is 5.73 Å². The van der Waals surface area contributed by atoms with E-state index < -0.39 is 0 Å². The summed E-state index contributed by atoms with van der Waals surface area (Å²) in [6.45, 7) is 4.20. The highest BCUT2D eigenvalue weighted by Gasteiger charge is 2.10. The molecule has 0 spiro atoms. The first-order chi connectivity index (χ1) is 5.59. The second-order valence-electron chi connectivity index (χ2n) is 3.29. The predicted octanol–water partition coefficient (Wildman–Crippen LogP) is 1.97. The van der Waals surface area contributed by atoms with E-state index in [0.717, 1.165) is 6.42 Å². The molecule has 2 amide bonds. The Morgan fingerprint density at radius 1 is 1.50 bits per heavy atom. The highest BCUT2D eigenvalue weighted by atomic mass is 16.2. The number of nitrogens with two attached hydrogens (primary N) is 1. The number of hydrogen-bond donors (Lipinski definition) is 1. The van der Waals surface area contributed by atoms with Gasteiger partial charge in [-0.3, -0.25) is 0 Å². The molecule has 3 nitrogen and oxygen atoms in total. The molecule has 0 aliphatic carbocycles. The van der Waals surface area contributed by atoms with Gasteiger partial charge in [0.05, 0.1) is 0 Å². The highest BCUT2D eigenvalue weighted by Crippen LogP contribution is 2.07. The summed E-state index contributed by atoms with van der Waals surface area (Å²) in [4.78, 5) is 12.3. The molecule has 2 N–H and O–H groups in total. The van der Waals surface area contributed by atoms with E-state index in [-0.39, 0.29) is 12.1 Å². The summed E-state index contributed by atoms with van der Waals surface area (Å²) in [6, 6.07) is -0.0620. The molecular weight excluding hydrogens is 152 g/mol. The van der Waals surface area contributed by atoms with Gasteiger partial charge in [0, 0.05) is 13.1 Å². The molecule has 0 radical (unpaired) electrons. The number of amides is 2. The van der Waals surface area contributed by atoms with Gasteiger partial charge in [-0.15, -0.1) is 0 Å². The molecule has 1 unspecified atom stereocenters. The van der Waals surface area contributed by atoms with Crippen LogP contribution in [0.15, 0.2) is 0 Å².